The molecule has 3 aromatic rings. The summed E-state index contributed by atoms with van der Waals surface area (Å²) in [5, 5.41) is 38.1. The van der Waals surface area contributed by atoms with E-state index in [4.69, 9.17) is 0 Å². The van der Waals surface area contributed by atoms with E-state index in [9.17, 15) is 25.1 Å². The predicted octanol–water partition coefficient (Wildman–Crippen LogP) is 3.42. The quantitative estimate of drug-likeness (QED) is 0.428. The van der Waals surface area contributed by atoms with E-state index in [0.29, 0.717) is 10.9 Å². The number of azo groups is 1. The second-order valence-corrected chi connectivity index (χ2v) is 5.25. The number of aromatic hydroxyl groups is 2. The largest absolute Gasteiger partial charge is 0.508 e. The molecule has 25 heavy (non-hydrogen) atoms. The maximum absolute atomic E-state index is 12.0. The predicted molar refractivity (Wildman–Crippen MR) is 88.2 cm³/mol. The molecule has 1 heterocycles. The van der Waals surface area contributed by atoms with E-state index in [-0.39, 0.29) is 28.6 Å². The molecular weight excluding hydrogens is 328 g/mol. The van der Waals surface area contributed by atoms with E-state index in [1.54, 1.807) is 7.05 Å². The van der Waals surface area contributed by atoms with Crippen LogP contribution < -0.4 is 0 Å². The summed E-state index contributed by atoms with van der Waals surface area (Å²) in [6.45, 7) is 0. The van der Waals surface area contributed by atoms with Crippen LogP contribution in [0.4, 0.5) is 11.4 Å². The maximum atomic E-state index is 12.0. The first-order valence-electron chi connectivity index (χ1n) is 7.09. The summed E-state index contributed by atoms with van der Waals surface area (Å²) in [4.78, 5) is 22.4. The summed E-state index contributed by atoms with van der Waals surface area (Å²) in [6.07, 6.45) is 0. The Bertz CT molecular complexity index is 1040. The van der Waals surface area contributed by atoms with Gasteiger partial charge in [-0.3, -0.25) is 14.9 Å². The zero-order chi connectivity index (χ0) is 18.1. The lowest BCUT2D eigenvalue weighted by molar-refractivity contribution is -0.384. The number of fused-ring (bicyclic) bond motifs is 1. The molecule has 0 aliphatic heterocycles. The molecule has 1 amide bonds. The average molecular weight is 340 g/mol. The number of nitro benzene ring substituents is 1. The van der Waals surface area contributed by atoms with Crippen LogP contribution >= 0.6 is 0 Å². The van der Waals surface area contributed by atoms with E-state index >= 15 is 0 Å². The molecule has 2 N–H and O–H groups in total. The van der Waals surface area contributed by atoms with Gasteiger partial charge < -0.3 is 14.8 Å². The molecular formula is C16H12N4O5. The molecule has 0 saturated carbocycles. The third-order valence-corrected chi connectivity index (χ3v) is 3.67. The fourth-order valence-corrected chi connectivity index (χ4v) is 2.40. The number of phenols is 1. The number of non-ortho nitro benzene ring substituents is 1. The number of phenolic OH excluding ortho intramolecular Hbond substituents is 1. The Morgan fingerprint density at radius 3 is 2.64 bits per heavy atom. The van der Waals surface area contributed by atoms with Crippen molar-refractivity contribution in [2.24, 2.45) is 17.3 Å². The number of benzene rings is 2. The van der Waals surface area contributed by atoms with Crippen LogP contribution in [0.1, 0.15) is 10.4 Å². The zero-order valence-electron chi connectivity index (χ0n) is 12.9. The molecule has 0 radical (unpaired) electrons. The van der Waals surface area contributed by atoms with E-state index in [1.165, 1.54) is 47.0 Å². The monoisotopic (exact) mass is 340 g/mol. The number of nitro groups is 1. The SMILES string of the molecule is Cn1c(O)c(N=NC(=O)c2cccc(O)c2)c2cc([N+](=O)[O-])ccc21. The highest BCUT2D eigenvalue weighted by Gasteiger charge is 2.18. The lowest BCUT2D eigenvalue weighted by atomic mass is 10.2. The van der Waals surface area contributed by atoms with Crippen LogP contribution in [0, 0.1) is 10.1 Å². The minimum atomic E-state index is -0.724. The number of aryl methyl sites for hydroxylation is 1. The summed E-state index contributed by atoms with van der Waals surface area (Å²) in [7, 11) is 1.56. The molecule has 1 aromatic heterocycles. The Labute approximate surface area is 140 Å². The molecule has 0 atom stereocenters. The van der Waals surface area contributed by atoms with Gasteiger partial charge in [0.05, 0.1) is 10.4 Å². The number of carbonyl (C=O) groups is 1. The molecule has 2 aromatic carbocycles. The van der Waals surface area contributed by atoms with Crippen LogP contribution in [0.15, 0.2) is 52.7 Å². The molecule has 0 aliphatic carbocycles. The van der Waals surface area contributed by atoms with Gasteiger partial charge in [0.25, 0.3) is 11.6 Å². The molecule has 0 saturated heterocycles. The number of rotatable bonds is 3. The minimum Gasteiger partial charge on any atom is -0.508 e. The van der Waals surface area contributed by atoms with E-state index in [2.05, 4.69) is 10.2 Å². The van der Waals surface area contributed by atoms with Crippen molar-refractivity contribution in [3.63, 3.8) is 0 Å². The van der Waals surface area contributed by atoms with Crippen LogP contribution in [0.5, 0.6) is 11.6 Å². The smallest absolute Gasteiger partial charge is 0.295 e. The number of aromatic nitrogens is 1. The highest BCUT2D eigenvalue weighted by molar-refractivity contribution is 5.98. The summed E-state index contributed by atoms with van der Waals surface area (Å²) in [5.74, 6) is -1.09. The topological polar surface area (TPSA) is 130 Å². The molecule has 126 valence electrons. The van der Waals surface area contributed by atoms with Crippen LogP contribution in [-0.4, -0.2) is 25.6 Å². The van der Waals surface area contributed by atoms with Gasteiger partial charge in [-0.15, -0.1) is 10.2 Å². The van der Waals surface area contributed by atoms with Gasteiger partial charge in [-0.05, 0) is 24.3 Å². The number of carbonyl (C=O) groups excluding carboxylic acids is 1. The van der Waals surface area contributed by atoms with Crippen molar-refractivity contribution in [3.05, 3.63) is 58.1 Å². The van der Waals surface area contributed by atoms with Gasteiger partial charge in [0.2, 0.25) is 5.88 Å². The highest BCUT2D eigenvalue weighted by atomic mass is 16.6. The highest BCUT2D eigenvalue weighted by Crippen LogP contribution is 2.39. The molecule has 0 spiro atoms. The summed E-state index contributed by atoms with van der Waals surface area (Å²) < 4.78 is 1.38. The van der Waals surface area contributed by atoms with Crippen LogP contribution in [-0.2, 0) is 7.05 Å². The van der Waals surface area contributed by atoms with Crippen molar-refractivity contribution >= 4 is 28.2 Å². The first-order valence-corrected chi connectivity index (χ1v) is 7.09. The molecule has 9 heteroatoms. The standard InChI is InChI=1S/C16H12N4O5/c1-19-13-6-5-10(20(24)25)8-12(13)14(16(19)23)17-18-15(22)9-3-2-4-11(21)7-9/h2-8,21,23H,1H3. The van der Waals surface area contributed by atoms with Crippen LogP contribution in [0.2, 0.25) is 0 Å². The zero-order valence-corrected chi connectivity index (χ0v) is 12.9. The van der Waals surface area contributed by atoms with Crippen molar-refractivity contribution in [2.75, 3.05) is 0 Å². The number of hydrogen-bond donors (Lipinski definition) is 2. The summed E-state index contributed by atoms with van der Waals surface area (Å²) in [5.41, 5.74) is 0.403. The molecule has 0 bridgehead atoms. The third kappa shape index (κ3) is 2.90. The lowest BCUT2D eigenvalue weighted by Crippen LogP contribution is -1.92. The lowest BCUT2D eigenvalue weighted by Gasteiger charge is -1.96. The molecule has 0 unspecified atom stereocenters. The van der Waals surface area contributed by atoms with Gasteiger partial charge in [0, 0.05) is 30.1 Å². The van der Waals surface area contributed by atoms with Gasteiger partial charge in [0.1, 0.15) is 5.75 Å². The third-order valence-electron chi connectivity index (χ3n) is 3.67. The van der Waals surface area contributed by atoms with Gasteiger partial charge in [-0.2, -0.15) is 0 Å². The number of hydrogen-bond acceptors (Lipinski definition) is 6. The molecule has 0 fully saturated rings. The molecule has 0 aliphatic rings. The Morgan fingerprint density at radius 1 is 1.20 bits per heavy atom. The fourth-order valence-electron chi connectivity index (χ4n) is 2.40. The molecule has 9 nitrogen and oxygen atoms in total. The second-order valence-electron chi connectivity index (χ2n) is 5.25. The number of nitrogens with zero attached hydrogens (tertiary/aromatic N) is 4. The minimum absolute atomic E-state index is 0.0466. The van der Waals surface area contributed by atoms with Gasteiger partial charge >= 0.3 is 0 Å². The van der Waals surface area contributed by atoms with E-state index < -0.39 is 10.8 Å². The Kier molecular flexibility index (Phi) is 3.89. The van der Waals surface area contributed by atoms with Crippen LogP contribution in [0.3, 0.4) is 0 Å². The fraction of sp³-hybridized carbons (Fsp3) is 0.0625. The van der Waals surface area contributed by atoms with Crippen molar-refractivity contribution in [1.29, 1.82) is 0 Å². The van der Waals surface area contributed by atoms with Gasteiger partial charge in [-0.1, -0.05) is 6.07 Å². The second kappa shape index (κ2) is 6.04. The van der Waals surface area contributed by atoms with Crippen LogP contribution in [0.25, 0.3) is 10.9 Å². The van der Waals surface area contributed by atoms with Gasteiger partial charge in [0.15, 0.2) is 5.69 Å². The van der Waals surface area contributed by atoms with E-state index in [1.807, 2.05) is 0 Å². The van der Waals surface area contributed by atoms with Crippen molar-refractivity contribution in [3.8, 4) is 11.6 Å². The average Bonchev–Trinajstić information content (AvgIpc) is 2.83. The van der Waals surface area contributed by atoms with Gasteiger partial charge in [-0.25, -0.2) is 0 Å². The van der Waals surface area contributed by atoms with Crippen molar-refractivity contribution < 1.29 is 19.9 Å². The Morgan fingerprint density at radius 2 is 1.96 bits per heavy atom. The molecule has 3 rings (SSSR count). The maximum Gasteiger partial charge on any atom is 0.295 e. The van der Waals surface area contributed by atoms with E-state index in [0.717, 1.165) is 0 Å². The Balaban J connectivity index is 2.05. The van der Waals surface area contributed by atoms with Crippen molar-refractivity contribution in [1.82, 2.24) is 4.57 Å². The number of amides is 1. The normalized spacial score (nSPS) is 11.2. The Hall–Kier alpha value is -3.75. The summed E-state index contributed by atoms with van der Waals surface area (Å²) >= 11 is 0. The summed E-state index contributed by atoms with van der Waals surface area (Å²) in [6, 6.07) is 9.61. The first-order chi connectivity index (χ1) is 11.9. The first kappa shape index (κ1) is 16.1. The van der Waals surface area contributed by atoms with Crippen molar-refractivity contribution in [2.45, 2.75) is 0 Å².